The minimum atomic E-state index is -0.491. The number of aromatic hydroxyl groups is 1. The molecule has 0 saturated heterocycles. The predicted molar refractivity (Wildman–Crippen MR) is 122 cm³/mol. The van der Waals surface area contributed by atoms with Crippen LogP contribution in [0.15, 0.2) is 53.6 Å². The number of phenols is 1. The van der Waals surface area contributed by atoms with E-state index in [4.69, 9.17) is 9.47 Å². The lowest BCUT2D eigenvalue weighted by Gasteiger charge is -2.13. The van der Waals surface area contributed by atoms with E-state index in [1.165, 1.54) is 6.21 Å². The van der Waals surface area contributed by atoms with Crippen LogP contribution in [-0.2, 0) is 0 Å². The van der Waals surface area contributed by atoms with Gasteiger partial charge in [-0.2, -0.15) is 5.10 Å². The number of phenolic OH excluding ortho intramolecular Hbond substituents is 1. The first-order chi connectivity index (χ1) is 14.0. The number of amides is 1. The fourth-order valence-electron chi connectivity index (χ4n) is 2.85. The second-order valence-corrected chi connectivity index (χ2v) is 7.27. The van der Waals surface area contributed by atoms with Gasteiger partial charge < -0.3 is 14.6 Å². The Morgan fingerprint density at radius 1 is 1.10 bits per heavy atom. The molecule has 0 atom stereocenters. The molecule has 0 unspecified atom stereocenters. The number of nitrogens with one attached hydrogen (secondary N) is 1. The van der Waals surface area contributed by atoms with Gasteiger partial charge in [0.05, 0.1) is 28.6 Å². The molecule has 0 aromatic heterocycles. The second kappa shape index (κ2) is 9.60. The van der Waals surface area contributed by atoms with Gasteiger partial charge in [-0.3, -0.25) is 4.79 Å². The topological polar surface area (TPSA) is 80.2 Å². The van der Waals surface area contributed by atoms with Crippen molar-refractivity contribution in [2.75, 3.05) is 13.2 Å². The SMILES string of the molecule is CCOc1cc(C=NNC(=O)c2cc3ccccc3cc2O)cc(I)c1OCC. The summed E-state index contributed by atoms with van der Waals surface area (Å²) in [5, 5.41) is 15.9. The maximum absolute atomic E-state index is 12.4. The average Bonchev–Trinajstić information content (AvgIpc) is 2.70. The number of hydrogen-bond donors (Lipinski definition) is 2. The Labute approximate surface area is 182 Å². The van der Waals surface area contributed by atoms with E-state index in [1.807, 2.05) is 44.2 Å². The van der Waals surface area contributed by atoms with Crippen molar-refractivity contribution < 1.29 is 19.4 Å². The van der Waals surface area contributed by atoms with E-state index < -0.39 is 5.91 Å². The monoisotopic (exact) mass is 504 g/mol. The van der Waals surface area contributed by atoms with Crippen LogP contribution in [0.25, 0.3) is 10.8 Å². The van der Waals surface area contributed by atoms with E-state index in [-0.39, 0.29) is 11.3 Å². The average molecular weight is 504 g/mol. The van der Waals surface area contributed by atoms with Crippen molar-refractivity contribution >= 4 is 45.5 Å². The van der Waals surface area contributed by atoms with Gasteiger partial charge in [-0.05, 0) is 77.0 Å². The first kappa shape index (κ1) is 20.9. The Morgan fingerprint density at radius 2 is 1.79 bits per heavy atom. The molecule has 3 aromatic rings. The van der Waals surface area contributed by atoms with E-state index in [0.29, 0.717) is 24.7 Å². The number of hydrogen-bond acceptors (Lipinski definition) is 5. The Balaban J connectivity index is 1.79. The Hall–Kier alpha value is -2.81. The van der Waals surface area contributed by atoms with Crippen molar-refractivity contribution in [1.82, 2.24) is 5.43 Å². The van der Waals surface area contributed by atoms with Crippen LogP contribution in [-0.4, -0.2) is 30.4 Å². The molecule has 7 heteroatoms. The summed E-state index contributed by atoms with van der Waals surface area (Å²) in [6, 6.07) is 14.4. The van der Waals surface area contributed by atoms with Gasteiger partial charge in [0.25, 0.3) is 5.91 Å². The summed E-state index contributed by atoms with van der Waals surface area (Å²) in [4.78, 5) is 12.4. The summed E-state index contributed by atoms with van der Waals surface area (Å²) in [5.74, 6) is 0.735. The molecule has 0 heterocycles. The summed E-state index contributed by atoms with van der Waals surface area (Å²) < 4.78 is 12.2. The van der Waals surface area contributed by atoms with Gasteiger partial charge in [0.1, 0.15) is 5.75 Å². The van der Waals surface area contributed by atoms with Gasteiger partial charge in [-0.25, -0.2) is 5.43 Å². The fourth-order valence-corrected chi connectivity index (χ4v) is 3.63. The molecular formula is C22H21IN2O4. The van der Waals surface area contributed by atoms with E-state index in [9.17, 15) is 9.90 Å². The van der Waals surface area contributed by atoms with Gasteiger partial charge in [-0.1, -0.05) is 24.3 Å². The van der Waals surface area contributed by atoms with Crippen molar-refractivity contribution in [3.05, 3.63) is 63.2 Å². The molecule has 0 bridgehead atoms. The highest BCUT2D eigenvalue weighted by Gasteiger charge is 2.13. The van der Waals surface area contributed by atoms with Crippen molar-refractivity contribution in [1.29, 1.82) is 0 Å². The number of carbonyl (C=O) groups excluding carboxylic acids is 1. The van der Waals surface area contributed by atoms with Gasteiger partial charge in [0.2, 0.25) is 0 Å². The molecule has 3 rings (SSSR count). The minimum absolute atomic E-state index is 0.0920. The Kier molecular flexibility index (Phi) is 6.92. The number of hydrazone groups is 1. The third kappa shape index (κ3) is 4.97. The van der Waals surface area contributed by atoms with Crippen LogP contribution >= 0.6 is 22.6 Å². The molecule has 3 aromatic carbocycles. The molecular weight excluding hydrogens is 483 g/mol. The number of benzene rings is 3. The summed E-state index contributed by atoms with van der Waals surface area (Å²) >= 11 is 2.17. The molecule has 2 N–H and O–H groups in total. The summed E-state index contributed by atoms with van der Waals surface area (Å²) in [6.45, 7) is 4.86. The summed E-state index contributed by atoms with van der Waals surface area (Å²) in [5.41, 5.74) is 3.38. The third-order valence-electron chi connectivity index (χ3n) is 4.11. The molecule has 0 aliphatic rings. The normalized spacial score (nSPS) is 11.0. The summed E-state index contributed by atoms with van der Waals surface area (Å²) in [7, 11) is 0. The number of fused-ring (bicyclic) bond motifs is 1. The van der Waals surface area contributed by atoms with Crippen LogP contribution in [0.5, 0.6) is 17.2 Å². The molecule has 1 amide bonds. The molecule has 0 aliphatic carbocycles. The van der Waals surface area contributed by atoms with Gasteiger partial charge in [-0.15, -0.1) is 0 Å². The summed E-state index contributed by atoms with van der Waals surface area (Å²) in [6.07, 6.45) is 1.52. The third-order valence-corrected chi connectivity index (χ3v) is 4.91. The molecule has 0 spiro atoms. The highest BCUT2D eigenvalue weighted by Crippen LogP contribution is 2.34. The molecule has 29 heavy (non-hydrogen) atoms. The quantitative estimate of drug-likeness (QED) is 0.278. The number of halogens is 1. The zero-order valence-electron chi connectivity index (χ0n) is 16.1. The van der Waals surface area contributed by atoms with Crippen LogP contribution in [0.3, 0.4) is 0 Å². The first-order valence-electron chi connectivity index (χ1n) is 9.17. The number of rotatable bonds is 7. The molecule has 6 nitrogen and oxygen atoms in total. The Bertz CT molecular complexity index is 1070. The predicted octanol–water partition coefficient (Wildman–Crippen LogP) is 4.71. The van der Waals surface area contributed by atoms with Gasteiger partial charge in [0.15, 0.2) is 11.5 Å². The zero-order chi connectivity index (χ0) is 20.8. The van der Waals surface area contributed by atoms with Crippen molar-refractivity contribution in [3.8, 4) is 17.2 Å². The van der Waals surface area contributed by atoms with E-state index in [2.05, 4.69) is 33.1 Å². The molecule has 0 radical (unpaired) electrons. The number of carbonyl (C=O) groups is 1. The van der Waals surface area contributed by atoms with Crippen LogP contribution in [0.2, 0.25) is 0 Å². The van der Waals surface area contributed by atoms with Gasteiger partial charge >= 0.3 is 0 Å². The standard InChI is InChI=1S/C22H21IN2O4/c1-3-28-20-10-14(9-18(23)21(20)29-4-2)13-24-25-22(27)17-11-15-7-5-6-8-16(15)12-19(17)26/h5-13,26H,3-4H2,1-2H3,(H,25,27). The fraction of sp³-hybridized carbons (Fsp3) is 0.182. The zero-order valence-corrected chi connectivity index (χ0v) is 18.3. The lowest BCUT2D eigenvalue weighted by molar-refractivity contribution is 0.0952. The molecule has 0 fully saturated rings. The smallest absolute Gasteiger partial charge is 0.275 e. The van der Waals surface area contributed by atoms with Crippen molar-refractivity contribution in [3.63, 3.8) is 0 Å². The van der Waals surface area contributed by atoms with Crippen molar-refractivity contribution in [2.24, 2.45) is 5.10 Å². The molecule has 0 saturated carbocycles. The maximum atomic E-state index is 12.4. The molecule has 150 valence electrons. The van der Waals surface area contributed by atoms with Crippen LogP contribution < -0.4 is 14.9 Å². The minimum Gasteiger partial charge on any atom is -0.507 e. The highest BCUT2D eigenvalue weighted by atomic mass is 127. The largest absolute Gasteiger partial charge is 0.507 e. The number of nitrogens with zero attached hydrogens (tertiary/aromatic N) is 1. The van der Waals surface area contributed by atoms with Crippen LogP contribution in [0.4, 0.5) is 0 Å². The second-order valence-electron chi connectivity index (χ2n) is 6.11. The van der Waals surface area contributed by atoms with E-state index in [0.717, 1.165) is 19.9 Å². The van der Waals surface area contributed by atoms with Crippen LogP contribution in [0.1, 0.15) is 29.8 Å². The lowest BCUT2D eigenvalue weighted by atomic mass is 10.1. The van der Waals surface area contributed by atoms with Crippen molar-refractivity contribution in [2.45, 2.75) is 13.8 Å². The lowest BCUT2D eigenvalue weighted by Crippen LogP contribution is -2.17. The number of ether oxygens (including phenoxy) is 2. The highest BCUT2D eigenvalue weighted by molar-refractivity contribution is 14.1. The first-order valence-corrected chi connectivity index (χ1v) is 10.3. The maximum Gasteiger partial charge on any atom is 0.275 e. The van der Waals surface area contributed by atoms with E-state index >= 15 is 0 Å². The van der Waals surface area contributed by atoms with Crippen LogP contribution in [0, 0.1) is 3.57 Å². The van der Waals surface area contributed by atoms with Gasteiger partial charge in [0, 0.05) is 0 Å². The molecule has 0 aliphatic heterocycles. The van der Waals surface area contributed by atoms with E-state index in [1.54, 1.807) is 18.2 Å². The Morgan fingerprint density at radius 3 is 2.48 bits per heavy atom.